The maximum absolute atomic E-state index is 9.06. The summed E-state index contributed by atoms with van der Waals surface area (Å²) in [7, 11) is 2.22. The van der Waals surface area contributed by atoms with Crippen LogP contribution in [0.2, 0.25) is 0 Å². The number of rotatable bonds is 1. The lowest BCUT2D eigenvalue weighted by Gasteiger charge is -2.39. The van der Waals surface area contributed by atoms with Crippen LogP contribution >= 0.6 is 0 Å². The molecule has 1 fully saturated rings. The Kier molecular flexibility index (Phi) is 5.63. The van der Waals surface area contributed by atoms with E-state index in [0.717, 1.165) is 0 Å². The number of hydrogen-bond donors (Lipinski definition) is 0. The minimum atomic E-state index is 0.470. The second-order valence-electron chi connectivity index (χ2n) is 4.06. The van der Waals surface area contributed by atoms with Gasteiger partial charge in [-0.05, 0) is 46.4 Å². The van der Waals surface area contributed by atoms with E-state index in [4.69, 9.17) is 4.79 Å². The lowest BCUT2D eigenvalue weighted by Crippen LogP contribution is -2.44. The standard InChI is InChI=1S/C8H17N.C3H4O/c1-8(2)6-4-5-7-9(8)3;1-2-3-4/h4-7H2,1-3H3;2-3H,1H2. The van der Waals surface area contributed by atoms with Gasteiger partial charge >= 0.3 is 0 Å². The van der Waals surface area contributed by atoms with E-state index < -0.39 is 0 Å². The summed E-state index contributed by atoms with van der Waals surface area (Å²) in [5.74, 6) is 0. The maximum atomic E-state index is 9.06. The summed E-state index contributed by atoms with van der Waals surface area (Å²) in [6, 6.07) is 0. The predicted octanol–water partition coefficient (Wildman–Crippen LogP) is 2.25. The number of aldehydes is 1. The summed E-state index contributed by atoms with van der Waals surface area (Å²) < 4.78 is 0. The summed E-state index contributed by atoms with van der Waals surface area (Å²) in [4.78, 5) is 11.5. The van der Waals surface area contributed by atoms with E-state index in [0.29, 0.717) is 11.8 Å². The van der Waals surface area contributed by atoms with Crippen molar-refractivity contribution < 1.29 is 4.79 Å². The SMILES string of the molecule is C=CC=O.CN1CCCCC1(C)C. The van der Waals surface area contributed by atoms with E-state index in [1.165, 1.54) is 31.9 Å². The molecule has 0 aliphatic carbocycles. The molecule has 0 aromatic heterocycles. The fraction of sp³-hybridized carbons (Fsp3) is 0.727. The first-order valence-corrected chi connectivity index (χ1v) is 4.82. The molecule has 1 aliphatic rings. The van der Waals surface area contributed by atoms with Crippen LogP contribution in [0.3, 0.4) is 0 Å². The highest BCUT2D eigenvalue weighted by molar-refractivity contribution is 5.63. The minimum absolute atomic E-state index is 0.470. The first-order valence-electron chi connectivity index (χ1n) is 4.82. The molecule has 1 saturated heterocycles. The molecule has 0 saturated carbocycles. The van der Waals surface area contributed by atoms with Crippen LogP contribution in [0, 0.1) is 0 Å². The molecule has 76 valence electrons. The molecular formula is C11H21NO. The van der Waals surface area contributed by atoms with Gasteiger partial charge in [0.25, 0.3) is 0 Å². The largest absolute Gasteiger partial charge is 0.301 e. The molecule has 13 heavy (non-hydrogen) atoms. The van der Waals surface area contributed by atoms with Gasteiger partial charge in [-0.25, -0.2) is 0 Å². The molecule has 2 heteroatoms. The van der Waals surface area contributed by atoms with Gasteiger partial charge in [0.1, 0.15) is 6.29 Å². The lowest BCUT2D eigenvalue weighted by atomic mass is 9.91. The first kappa shape index (κ1) is 12.4. The van der Waals surface area contributed by atoms with Crippen LogP contribution < -0.4 is 0 Å². The van der Waals surface area contributed by atoms with Crippen LogP contribution in [0.1, 0.15) is 33.1 Å². The van der Waals surface area contributed by atoms with Crippen molar-refractivity contribution in [2.45, 2.75) is 38.6 Å². The summed E-state index contributed by atoms with van der Waals surface area (Å²) in [5.41, 5.74) is 0.470. The van der Waals surface area contributed by atoms with Gasteiger partial charge in [0.05, 0.1) is 0 Å². The second-order valence-corrected chi connectivity index (χ2v) is 4.06. The number of carbonyl (C=O) groups is 1. The molecule has 0 N–H and O–H groups in total. The zero-order chi connectivity index (χ0) is 10.3. The molecule has 0 amide bonds. The molecule has 1 heterocycles. The van der Waals surface area contributed by atoms with Gasteiger partial charge in [-0.1, -0.05) is 13.0 Å². The maximum Gasteiger partial charge on any atom is 0.142 e. The van der Waals surface area contributed by atoms with Crippen molar-refractivity contribution in [3.05, 3.63) is 12.7 Å². The molecule has 0 unspecified atom stereocenters. The van der Waals surface area contributed by atoms with E-state index in [9.17, 15) is 0 Å². The van der Waals surface area contributed by atoms with Gasteiger partial charge in [0.2, 0.25) is 0 Å². The quantitative estimate of drug-likeness (QED) is 0.459. The fourth-order valence-corrected chi connectivity index (χ4v) is 1.40. The summed E-state index contributed by atoms with van der Waals surface area (Å²) in [6.07, 6.45) is 6.00. The van der Waals surface area contributed by atoms with Gasteiger partial charge in [-0.3, -0.25) is 4.79 Å². The molecule has 0 atom stereocenters. The predicted molar refractivity (Wildman–Crippen MR) is 56.8 cm³/mol. The third kappa shape index (κ3) is 4.83. The molecule has 1 rings (SSSR count). The molecule has 0 aromatic carbocycles. The average Bonchev–Trinajstić information content (AvgIpc) is 2.11. The third-order valence-electron chi connectivity index (χ3n) is 2.66. The smallest absolute Gasteiger partial charge is 0.142 e. The molecule has 0 radical (unpaired) electrons. The first-order chi connectivity index (χ1) is 6.04. The third-order valence-corrected chi connectivity index (χ3v) is 2.66. The van der Waals surface area contributed by atoms with Crippen LogP contribution in [0.5, 0.6) is 0 Å². The Hall–Kier alpha value is -0.630. The van der Waals surface area contributed by atoms with Gasteiger partial charge in [0, 0.05) is 5.54 Å². The van der Waals surface area contributed by atoms with E-state index in [1.54, 1.807) is 0 Å². The van der Waals surface area contributed by atoms with Gasteiger partial charge in [0.15, 0.2) is 0 Å². The molecular weight excluding hydrogens is 162 g/mol. The Morgan fingerprint density at radius 3 is 2.15 bits per heavy atom. The van der Waals surface area contributed by atoms with Gasteiger partial charge in [-0.15, -0.1) is 0 Å². The number of allylic oxidation sites excluding steroid dienone is 1. The van der Waals surface area contributed by atoms with Crippen LogP contribution in [-0.2, 0) is 4.79 Å². The van der Waals surface area contributed by atoms with Crippen LogP contribution in [-0.4, -0.2) is 30.3 Å². The zero-order valence-corrected chi connectivity index (χ0v) is 9.05. The van der Waals surface area contributed by atoms with Crippen molar-refractivity contribution in [3.8, 4) is 0 Å². The van der Waals surface area contributed by atoms with Crippen molar-refractivity contribution in [2.75, 3.05) is 13.6 Å². The highest BCUT2D eigenvalue weighted by Crippen LogP contribution is 2.24. The van der Waals surface area contributed by atoms with E-state index in [2.05, 4.69) is 32.4 Å². The summed E-state index contributed by atoms with van der Waals surface area (Å²) in [5, 5.41) is 0. The van der Waals surface area contributed by atoms with Gasteiger partial charge < -0.3 is 4.90 Å². The fourth-order valence-electron chi connectivity index (χ4n) is 1.40. The van der Waals surface area contributed by atoms with E-state index in [-0.39, 0.29) is 0 Å². The Balaban J connectivity index is 0.000000310. The molecule has 2 nitrogen and oxygen atoms in total. The van der Waals surface area contributed by atoms with Crippen molar-refractivity contribution in [1.82, 2.24) is 4.90 Å². The zero-order valence-electron chi connectivity index (χ0n) is 9.05. The van der Waals surface area contributed by atoms with Crippen molar-refractivity contribution in [2.24, 2.45) is 0 Å². The highest BCUT2D eigenvalue weighted by atomic mass is 16.1. The highest BCUT2D eigenvalue weighted by Gasteiger charge is 2.25. The Morgan fingerprint density at radius 2 is 1.92 bits per heavy atom. The average molecular weight is 183 g/mol. The number of nitrogens with zero attached hydrogens (tertiary/aromatic N) is 1. The minimum Gasteiger partial charge on any atom is -0.301 e. The van der Waals surface area contributed by atoms with Crippen LogP contribution in [0.15, 0.2) is 12.7 Å². The number of piperidine rings is 1. The molecule has 0 spiro atoms. The van der Waals surface area contributed by atoms with Gasteiger partial charge in [-0.2, -0.15) is 0 Å². The van der Waals surface area contributed by atoms with Crippen molar-refractivity contribution in [3.63, 3.8) is 0 Å². The normalized spacial score (nSPS) is 21.2. The topological polar surface area (TPSA) is 20.3 Å². The Bertz CT molecular complexity index is 157. The number of hydrogen-bond acceptors (Lipinski definition) is 2. The van der Waals surface area contributed by atoms with E-state index in [1.807, 2.05) is 0 Å². The molecule has 0 bridgehead atoms. The van der Waals surface area contributed by atoms with Crippen LogP contribution in [0.25, 0.3) is 0 Å². The second kappa shape index (κ2) is 5.92. The van der Waals surface area contributed by atoms with Crippen molar-refractivity contribution >= 4 is 6.29 Å². The number of carbonyl (C=O) groups excluding carboxylic acids is 1. The number of likely N-dealkylation sites (tertiary alicyclic amines) is 1. The van der Waals surface area contributed by atoms with E-state index >= 15 is 0 Å². The van der Waals surface area contributed by atoms with Crippen molar-refractivity contribution in [1.29, 1.82) is 0 Å². The van der Waals surface area contributed by atoms with Crippen LogP contribution in [0.4, 0.5) is 0 Å². The monoisotopic (exact) mass is 183 g/mol. The lowest BCUT2D eigenvalue weighted by molar-refractivity contribution is -0.104. The summed E-state index contributed by atoms with van der Waals surface area (Å²) >= 11 is 0. The summed E-state index contributed by atoms with van der Waals surface area (Å²) in [6.45, 7) is 9.05. The molecule has 0 aromatic rings. The Morgan fingerprint density at radius 1 is 1.38 bits per heavy atom. The molecule has 1 aliphatic heterocycles. The Labute approximate surface area is 81.6 Å².